The molecule has 3 rings (SSSR count). The molecule has 0 unspecified atom stereocenters. The summed E-state index contributed by atoms with van der Waals surface area (Å²) in [5.41, 5.74) is -0.307. The fourth-order valence-electron chi connectivity index (χ4n) is 2.73. The van der Waals surface area contributed by atoms with Crippen molar-refractivity contribution in [2.45, 2.75) is 13.5 Å². The standard InChI is InChI=1S/C20H17N3O6/c1-2-29-20(28)12-7-9-13(10-8-12)21-16(24)11-23-18(25)15-6-4-3-5-14(15)17(22-23)19(26)27/h3-10H,2,11H2,1H3,(H,21,24)(H,26,27)/p-1. The Labute approximate surface area is 164 Å². The Kier molecular flexibility index (Phi) is 5.68. The Bertz CT molecular complexity index is 1150. The third-order valence-corrected chi connectivity index (χ3v) is 4.03. The molecular formula is C20H16N3O6-. The summed E-state index contributed by atoms with van der Waals surface area (Å²) < 4.78 is 5.65. The lowest BCUT2D eigenvalue weighted by atomic mass is 10.1. The highest BCUT2D eigenvalue weighted by atomic mass is 16.5. The Morgan fingerprint density at radius 3 is 2.34 bits per heavy atom. The van der Waals surface area contributed by atoms with Crippen LogP contribution in [0.2, 0.25) is 0 Å². The Balaban J connectivity index is 1.81. The van der Waals surface area contributed by atoms with Crippen molar-refractivity contribution in [3.8, 4) is 0 Å². The van der Waals surface area contributed by atoms with Crippen molar-refractivity contribution >= 4 is 34.3 Å². The predicted molar refractivity (Wildman–Crippen MR) is 101 cm³/mol. The van der Waals surface area contributed by atoms with Gasteiger partial charge in [-0.3, -0.25) is 9.59 Å². The molecule has 148 valence electrons. The summed E-state index contributed by atoms with van der Waals surface area (Å²) in [5.74, 6) is -2.62. The molecular weight excluding hydrogens is 378 g/mol. The van der Waals surface area contributed by atoms with E-state index in [0.29, 0.717) is 11.3 Å². The molecule has 1 amide bonds. The first-order valence-electron chi connectivity index (χ1n) is 8.69. The van der Waals surface area contributed by atoms with Crippen LogP contribution >= 0.6 is 0 Å². The monoisotopic (exact) mass is 394 g/mol. The van der Waals surface area contributed by atoms with Gasteiger partial charge in [0.05, 0.1) is 23.5 Å². The van der Waals surface area contributed by atoms with Crippen LogP contribution in [0.15, 0.2) is 53.3 Å². The van der Waals surface area contributed by atoms with Gasteiger partial charge < -0.3 is 20.0 Å². The van der Waals surface area contributed by atoms with E-state index in [-0.39, 0.29) is 17.4 Å². The topological polar surface area (TPSA) is 130 Å². The van der Waals surface area contributed by atoms with Crippen molar-refractivity contribution in [2.75, 3.05) is 11.9 Å². The highest BCUT2D eigenvalue weighted by molar-refractivity contribution is 6.00. The van der Waals surface area contributed by atoms with Gasteiger partial charge in [0.25, 0.3) is 5.56 Å². The minimum absolute atomic E-state index is 0.119. The van der Waals surface area contributed by atoms with Crippen LogP contribution in [0.3, 0.4) is 0 Å². The number of esters is 1. The zero-order valence-electron chi connectivity index (χ0n) is 15.4. The minimum atomic E-state index is -1.55. The van der Waals surface area contributed by atoms with Crippen LogP contribution in [0, 0.1) is 0 Å². The maximum atomic E-state index is 12.5. The zero-order valence-corrected chi connectivity index (χ0v) is 15.4. The normalized spacial score (nSPS) is 10.5. The quantitative estimate of drug-likeness (QED) is 0.605. The number of aromatic nitrogens is 2. The number of carbonyl (C=O) groups excluding carboxylic acids is 3. The van der Waals surface area contributed by atoms with Crippen LogP contribution in [-0.2, 0) is 16.1 Å². The third kappa shape index (κ3) is 4.29. The van der Waals surface area contributed by atoms with Crippen molar-refractivity contribution < 1.29 is 24.2 Å². The molecule has 0 spiro atoms. The van der Waals surface area contributed by atoms with Crippen LogP contribution in [-0.4, -0.2) is 34.2 Å². The van der Waals surface area contributed by atoms with Crippen molar-refractivity contribution in [1.82, 2.24) is 9.78 Å². The number of benzene rings is 2. The number of ether oxygens (including phenoxy) is 1. The molecule has 9 nitrogen and oxygen atoms in total. The fourth-order valence-corrected chi connectivity index (χ4v) is 2.73. The van der Waals surface area contributed by atoms with E-state index >= 15 is 0 Å². The van der Waals surface area contributed by atoms with E-state index in [9.17, 15) is 24.3 Å². The molecule has 0 atom stereocenters. The van der Waals surface area contributed by atoms with Crippen molar-refractivity contribution in [2.24, 2.45) is 0 Å². The summed E-state index contributed by atoms with van der Waals surface area (Å²) in [6.45, 7) is 1.45. The van der Waals surface area contributed by atoms with E-state index in [2.05, 4.69) is 10.4 Å². The minimum Gasteiger partial charge on any atom is -0.543 e. The predicted octanol–water partition coefficient (Wildman–Crippen LogP) is 0.575. The van der Waals surface area contributed by atoms with Gasteiger partial charge in [0, 0.05) is 11.1 Å². The van der Waals surface area contributed by atoms with Crippen LogP contribution in [0.1, 0.15) is 27.8 Å². The number of hydrogen-bond donors (Lipinski definition) is 1. The third-order valence-electron chi connectivity index (χ3n) is 4.03. The molecule has 0 saturated heterocycles. The molecule has 0 bridgehead atoms. The van der Waals surface area contributed by atoms with Crippen LogP contribution < -0.4 is 16.0 Å². The number of carboxylic acid groups (broad SMARTS) is 1. The number of rotatable bonds is 6. The molecule has 0 fully saturated rings. The maximum absolute atomic E-state index is 12.5. The number of carboxylic acids is 1. The highest BCUT2D eigenvalue weighted by Crippen LogP contribution is 2.13. The first-order chi connectivity index (χ1) is 13.9. The summed E-state index contributed by atoms with van der Waals surface area (Å²) in [4.78, 5) is 47.8. The molecule has 9 heteroatoms. The van der Waals surface area contributed by atoms with E-state index in [1.165, 1.54) is 36.4 Å². The molecule has 0 aliphatic rings. The number of anilines is 1. The van der Waals surface area contributed by atoms with Crippen LogP contribution in [0.5, 0.6) is 0 Å². The van der Waals surface area contributed by atoms with Gasteiger partial charge in [-0.25, -0.2) is 9.48 Å². The van der Waals surface area contributed by atoms with Crippen molar-refractivity contribution in [3.05, 3.63) is 70.1 Å². The average Bonchev–Trinajstić information content (AvgIpc) is 2.70. The maximum Gasteiger partial charge on any atom is 0.338 e. The van der Waals surface area contributed by atoms with Gasteiger partial charge in [0.15, 0.2) is 0 Å². The molecule has 1 heterocycles. The number of nitrogens with zero attached hydrogens (tertiary/aromatic N) is 2. The van der Waals surface area contributed by atoms with E-state index in [1.807, 2.05) is 0 Å². The lowest BCUT2D eigenvalue weighted by Gasteiger charge is -2.12. The molecule has 3 aromatic rings. The lowest BCUT2D eigenvalue weighted by molar-refractivity contribution is -0.255. The molecule has 1 N–H and O–H groups in total. The van der Waals surface area contributed by atoms with E-state index < -0.39 is 35.6 Å². The van der Waals surface area contributed by atoms with Gasteiger partial charge in [-0.2, -0.15) is 5.10 Å². The summed E-state index contributed by atoms with van der Waals surface area (Å²) in [5, 5.41) is 17.9. The molecule has 0 radical (unpaired) electrons. The molecule has 0 aliphatic heterocycles. The first-order valence-corrected chi connectivity index (χ1v) is 8.69. The highest BCUT2D eigenvalue weighted by Gasteiger charge is 2.14. The zero-order chi connectivity index (χ0) is 21.0. The van der Waals surface area contributed by atoms with Gasteiger partial charge in [-0.05, 0) is 37.3 Å². The average molecular weight is 394 g/mol. The van der Waals surface area contributed by atoms with E-state index in [0.717, 1.165) is 4.68 Å². The Hall–Kier alpha value is -4.01. The fraction of sp³-hybridized carbons (Fsp3) is 0.150. The molecule has 0 aliphatic carbocycles. The number of fused-ring (bicyclic) bond motifs is 1. The Morgan fingerprint density at radius 1 is 1.07 bits per heavy atom. The number of aromatic carboxylic acids is 1. The summed E-state index contributed by atoms with van der Waals surface area (Å²) in [6.07, 6.45) is 0. The number of amides is 1. The van der Waals surface area contributed by atoms with Crippen LogP contribution in [0.25, 0.3) is 10.8 Å². The number of carbonyl (C=O) groups is 3. The molecule has 29 heavy (non-hydrogen) atoms. The second-order valence-electron chi connectivity index (χ2n) is 5.99. The van der Waals surface area contributed by atoms with Gasteiger partial charge in [0.2, 0.25) is 5.91 Å². The van der Waals surface area contributed by atoms with Gasteiger partial charge in [0.1, 0.15) is 12.2 Å². The summed E-state index contributed by atoms with van der Waals surface area (Å²) >= 11 is 0. The second kappa shape index (κ2) is 8.34. The molecule has 2 aromatic carbocycles. The smallest absolute Gasteiger partial charge is 0.338 e. The summed E-state index contributed by atoms with van der Waals surface area (Å²) in [6, 6.07) is 12.1. The van der Waals surface area contributed by atoms with E-state index in [4.69, 9.17) is 4.74 Å². The van der Waals surface area contributed by atoms with Gasteiger partial charge in [-0.1, -0.05) is 18.2 Å². The van der Waals surface area contributed by atoms with E-state index in [1.54, 1.807) is 19.1 Å². The second-order valence-corrected chi connectivity index (χ2v) is 5.99. The lowest BCUT2D eigenvalue weighted by Crippen LogP contribution is -2.34. The van der Waals surface area contributed by atoms with Crippen molar-refractivity contribution in [3.63, 3.8) is 0 Å². The number of nitrogens with one attached hydrogen (secondary N) is 1. The Morgan fingerprint density at radius 2 is 1.72 bits per heavy atom. The summed E-state index contributed by atoms with van der Waals surface area (Å²) in [7, 11) is 0. The van der Waals surface area contributed by atoms with Crippen molar-refractivity contribution in [1.29, 1.82) is 0 Å². The first kappa shape index (κ1) is 19.7. The SMILES string of the molecule is CCOC(=O)c1ccc(NC(=O)Cn2nc(C(=O)[O-])c3ccccc3c2=O)cc1. The molecule has 0 saturated carbocycles. The van der Waals surface area contributed by atoms with Crippen LogP contribution in [0.4, 0.5) is 5.69 Å². The molecule has 1 aromatic heterocycles. The van der Waals surface area contributed by atoms with Gasteiger partial charge in [-0.15, -0.1) is 0 Å². The largest absolute Gasteiger partial charge is 0.543 e. The number of hydrogen-bond acceptors (Lipinski definition) is 7. The van der Waals surface area contributed by atoms with Gasteiger partial charge >= 0.3 is 5.97 Å².